The van der Waals surface area contributed by atoms with Crippen molar-refractivity contribution >= 4 is 70.8 Å². The summed E-state index contributed by atoms with van der Waals surface area (Å²) in [6, 6.07) is 23.8. The highest BCUT2D eigenvalue weighted by Crippen LogP contribution is 2.34. The average molecular weight is 590 g/mol. The molecule has 208 valence electrons. The summed E-state index contributed by atoms with van der Waals surface area (Å²) < 4.78 is 50.9. The number of benzene rings is 4. The molecule has 1 heterocycles. The lowest BCUT2D eigenvalue weighted by Crippen LogP contribution is -2.24. The number of primary sulfonamides is 1. The van der Waals surface area contributed by atoms with Crippen LogP contribution in [0.3, 0.4) is 0 Å². The van der Waals surface area contributed by atoms with Crippen LogP contribution < -0.4 is 27.2 Å². The first-order valence-electron chi connectivity index (χ1n) is 11.9. The van der Waals surface area contributed by atoms with E-state index in [9.17, 15) is 21.6 Å². The van der Waals surface area contributed by atoms with Crippen LogP contribution in [0.4, 0.5) is 17.1 Å². The number of carbonyl (C=O) groups excluding carboxylic acids is 1. The van der Waals surface area contributed by atoms with Gasteiger partial charge in [0.25, 0.3) is 15.9 Å². The van der Waals surface area contributed by atoms with E-state index in [1.807, 2.05) is 24.3 Å². The summed E-state index contributed by atoms with van der Waals surface area (Å²) in [5, 5.41) is 12.6. The molecule has 8 N–H and O–H groups in total. The number of hydrogen-bond donors (Lipinski definition) is 5. The van der Waals surface area contributed by atoms with E-state index in [2.05, 4.69) is 15.0 Å². The fourth-order valence-corrected chi connectivity index (χ4v) is 5.52. The Morgan fingerprint density at radius 1 is 0.732 bits per heavy atom. The highest BCUT2D eigenvalue weighted by Gasteiger charge is 2.16. The molecule has 14 heteroatoms. The van der Waals surface area contributed by atoms with Crippen molar-refractivity contribution in [3.63, 3.8) is 0 Å². The van der Waals surface area contributed by atoms with Crippen LogP contribution in [0.5, 0.6) is 0 Å². The van der Waals surface area contributed by atoms with Gasteiger partial charge in [-0.25, -0.2) is 18.5 Å². The summed E-state index contributed by atoms with van der Waals surface area (Å²) in [5.74, 6) is -0.994. The van der Waals surface area contributed by atoms with Gasteiger partial charge < -0.3 is 22.1 Å². The Morgan fingerprint density at radius 3 is 2.00 bits per heavy atom. The van der Waals surface area contributed by atoms with Gasteiger partial charge >= 0.3 is 0 Å². The molecule has 0 unspecified atom stereocenters. The van der Waals surface area contributed by atoms with Crippen molar-refractivity contribution in [3.05, 3.63) is 96.6 Å². The zero-order valence-electron chi connectivity index (χ0n) is 21.1. The van der Waals surface area contributed by atoms with E-state index in [0.29, 0.717) is 39.0 Å². The number of pyridine rings is 1. The zero-order valence-corrected chi connectivity index (χ0v) is 22.8. The van der Waals surface area contributed by atoms with Gasteiger partial charge in [0.1, 0.15) is 0 Å². The molecule has 5 aromatic rings. The summed E-state index contributed by atoms with van der Waals surface area (Å²) in [5.41, 5.74) is 13.7. The number of anilines is 3. The third-order valence-electron chi connectivity index (χ3n) is 6.03. The predicted octanol–water partition coefficient (Wildman–Crippen LogP) is 2.99. The maximum atomic E-state index is 13.1. The molecule has 1 aromatic heterocycles. The van der Waals surface area contributed by atoms with Crippen molar-refractivity contribution in [2.75, 3.05) is 10.6 Å². The molecule has 0 saturated heterocycles. The third kappa shape index (κ3) is 5.94. The van der Waals surface area contributed by atoms with Crippen molar-refractivity contribution in [1.82, 2.24) is 4.98 Å². The number of nitrogens with two attached hydrogens (primary N) is 3. The molecule has 0 spiro atoms. The molecule has 0 aliphatic heterocycles. The molecule has 4 aromatic carbocycles. The first kappa shape index (κ1) is 27.5. The van der Waals surface area contributed by atoms with Crippen LogP contribution in [-0.2, 0) is 20.0 Å². The number of nitrogens with one attached hydrogen (secondary N) is 2. The number of aromatic nitrogens is 1. The van der Waals surface area contributed by atoms with Crippen LogP contribution in [0.25, 0.3) is 21.8 Å². The third-order valence-corrected chi connectivity index (χ3v) is 8.28. The molecular weight excluding hydrogens is 566 g/mol. The Balaban J connectivity index is 1.52. The number of fused-ring (bicyclic) bond motifs is 2. The second-order valence-corrected chi connectivity index (χ2v) is 12.1. The largest absolute Gasteiger partial charge is 0.369 e. The van der Waals surface area contributed by atoms with Gasteiger partial charge in [0.15, 0.2) is 0 Å². The number of guanidine groups is 1. The number of carbonyl (C=O) groups is 1. The van der Waals surface area contributed by atoms with E-state index in [1.54, 1.807) is 30.3 Å². The first-order chi connectivity index (χ1) is 19.4. The van der Waals surface area contributed by atoms with Crippen LogP contribution in [0.2, 0.25) is 0 Å². The minimum absolute atomic E-state index is 0.0725. The molecule has 0 atom stereocenters. The molecule has 12 nitrogen and oxygen atoms in total. The number of hydrogen-bond acceptors (Lipinski definition) is 7. The van der Waals surface area contributed by atoms with Gasteiger partial charge in [-0.05, 0) is 72.8 Å². The Labute approximate surface area is 235 Å². The van der Waals surface area contributed by atoms with Crippen molar-refractivity contribution in [2.45, 2.75) is 9.79 Å². The van der Waals surface area contributed by atoms with Gasteiger partial charge in [-0.3, -0.25) is 4.79 Å². The lowest BCUT2D eigenvalue weighted by molar-refractivity contribution is 0.102. The van der Waals surface area contributed by atoms with E-state index >= 15 is 0 Å². The van der Waals surface area contributed by atoms with E-state index < -0.39 is 31.9 Å². The maximum Gasteiger partial charge on any atom is 0.285 e. The Hall–Kier alpha value is -5.05. The lowest BCUT2D eigenvalue weighted by Gasteiger charge is -2.15. The van der Waals surface area contributed by atoms with Gasteiger partial charge in [0, 0.05) is 27.7 Å². The van der Waals surface area contributed by atoms with Crippen LogP contribution >= 0.6 is 0 Å². The molecule has 0 aliphatic rings. The fraction of sp³-hybridized carbons (Fsp3) is 0. The fourth-order valence-electron chi connectivity index (χ4n) is 4.14. The van der Waals surface area contributed by atoms with Gasteiger partial charge in [-0.15, -0.1) is 4.40 Å². The number of nitrogens with zero attached hydrogens (tertiary/aromatic N) is 2. The number of para-hydroxylation sites is 1. The second-order valence-electron chi connectivity index (χ2n) is 8.90. The summed E-state index contributed by atoms with van der Waals surface area (Å²) in [6.45, 7) is 0. The molecule has 0 fully saturated rings. The predicted molar refractivity (Wildman–Crippen MR) is 158 cm³/mol. The number of rotatable bonds is 7. The second kappa shape index (κ2) is 10.5. The molecule has 0 radical (unpaired) electrons. The van der Waals surface area contributed by atoms with Crippen molar-refractivity contribution in [2.24, 2.45) is 21.0 Å². The minimum Gasteiger partial charge on any atom is -0.369 e. The van der Waals surface area contributed by atoms with Crippen LogP contribution in [0, 0.1) is 0 Å². The molecule has 1 amide bonds. The van der Waals surface area contributed by atoms with Crippen LogP contribution in [0.15, 0.2) is 105 Å². The smallest absolute Gasteiger partial charge is 0.285 e. The van der Waals surface area contributed by atoms with Crippen LogP contribution in [0.1, 0.15) is 10.4 Å². The monoisotopic (exact) mass is 589 g/mol. The number of sulfonamides is 2. The summed E-state index contributed by atoms with van der Waals surface area (Å²) >= 11 is 0. The van der Waals surface area contributed by atoms with E-state index in [4.69, 9.17) is 21.6 Å². The lowest BCUT2D eigenvalue weighted by atomic mass is 10.0. The minimum atomic E-state index is -4.05. The SMILES string of the molecule is NC(N)=NS(=O)(=O)c1ccc(Nc2c3ccccc3nc3ccc(C(=O)Nc4ccc(S(N)(=O)=O)cc4)cc23)cc1. The Morgan fingerprint density at radius 2 is 1.34 bits per heavy atom. The first-order valence-corrected chi connectivity index (χ1v) is 14.9. The summed E-state index contributed by atoms with van der Waals surface area (Å²) in [7, 11) is -7.91. The van der Waals surface area contributed by atoms with E-state index in [0.717, 1.165) is 5.39 Å². The average Bonchev–Trinajstić information content (AvgIpc) is 2.92. The summed E-state index contributed by atoms with van der Waals surface area (Å²) in [6.07, 6.45) is 0. The van der Waals surface area contributed by atoms with Gasteiger partial charge in [-0.2, -0.15) is 8.42 Å². The Kier molecular flexibility index (Phi) is 7.04. The van der Waals surface area contributed by atoms with E-state index in [-0.39, 0.29) is 9.79 Å². The number of amides is 1. The highest BCUT2D eigenvalue weighted by molar-refractivity contribution is 7.90. The van der Waals surface area contributed by atoms with Crippen molar-refractivity contribution < 1.29 is 21.6 Å². The standard InChI is InChI=1S/C27H23N7O5S2/c28-27(29)34-41(38,39)20-12-8-17(9-13-20)31-25-21-3-1-2-4-23(21)33-24-14-5-16(15-22(24)25)26(35)32-18-6-10-19(11-7-18)40(30,36)37/h1-15H,(H,31,33)(H,32,35)(H4,28,29,34)(H2,30,36,37). The molecule has 41 heavy (non-hydrogen) atoms. The maximum absolute atomic E-state index is 13.1. The molecular formula is C27H23N7O5S2. The molecule has 0 bridgehead atoms. The molecule has 0 aliphatic carbocycles. The molecule has 0 saturated carbocycles. The van der Waals surface area contributed by atoms with Gasteiger partial charge in [0.05, 0.1) is 26.5 Å². The van der Waals surface area contributed by atoms with Crippen LogP contribution in [-0.4, -0.2) is 33.7 Å². The van der Waals surface area contributed by atoms with Crippen molar-refractivity contribution in [1.29, 1.82) is 0 Å². The quantitative estimate of drug-likeness (QED) is 0.107. The highest BCUT2D eigenvalue weighted by atomic mass is 32.2. The van der Waals surface area contributed by atoms with Gasteiger partial charge in [0.2, 0.25) is 16.0 Å². The van der Waals surface area contributed by atoms with Gasteiger partial charge in [-0.1, -0.05) is 18.2 Å². The zero-order chi connectivity index (χ0) is 29.4. The van der Waals surface area contributed by atoms with E-state index in [1.165, 1.54) is 36.4 Å². The molecule has 5 rings (SSSR count). The topological polar surface area (TPSA) is 213 Å². The van der Waals surface area contributed by atoms with Crippen molar-refractivity contribution in [3.8, 4) is 0 Å². The normalized spacial score (nSPS) is 11.7. The Bertz CT molecular complexity index is 2060. The summed E-state index contributed by atoms with van der Waals surface area (Å²) in [4.78, 5) is 17.7.